The van der Waals surface area contributed by atoms with E-state index >= 15 is 0 Å². The Hall–Kier alpha value is -1.55. The molecule has 21 heavy (non-hydrogen) atoms. The maximum atomic E-state index is 12.9. The monoisotopic (exact) mass is 288 g/mol. The summed E-state index contributed by atoms with van der Waals surface area (Å²) in [4.78, 5) is 14.8. The number of nitrogens with zero attached hydrogens (tertiary/aromatic N) is 1. The number of aliphatic hydroxyl groups is 1. The van der Waals surface area contributed by atoms with Crippen LogP contribution in [0.1, 0.15) is 44.1 Å². The molecule has 1 aromatic carbocycles. The number of rotatable bonds is 1. The summed E-state index contributed by atoms with van der Waals surface area (Å²) in [5.74, 6) is 0.187. The molecule has 3 rings (SSSR count). The van der Waals surface area contributed by atoms with Gasteiger partial charge in [-0.05, 0) is 44.2 Å². The number of amides is 1. The Labute approximate surface area is 126 Å². The van der Waals surface area contributed by atoms with Gasteiger partial charge in [0.2, 0.25) is 5.91 Å². The van der Waals surface area contributed by atoms with Crippen LogP contribution in [0, 0.1) is 0 Å². The van der Waals surface area contributed by atoms with Crippen LogP contribution in [0.25, 0.3) is 0 Å². The van der Waals surface area contributed by atoms with Gasteiger partial charge in [0.25, 0.3) is 0 Å². The number of benzene rings is 1. The van der Waals surface area contributed by atoms with E-state index in [-0.39, 0.29) is 11.8 Å². The molecule has 1 aromatic rings. The maximum Gasteiger partial charge on any atom is 0.230 e. The molecule has 0 bridgehead atoms. The first-order valence-corrected chi connectivity index (χ1v) is 7.91. The SMILES string of the molecule is CC1(O)CCCN(C(=O)C2CCNc3ccccc32)CC1. The molecule has 2 atom stereocenters. The lowest BCUT2D eigenvalue weighted by atomic mass is 9.89. The third kappa shape index (κ3) is 3.05. The molecule has 2 N–H and O–H groups in total. The van der Waals surface area contributed by atoms with Crippen LogP contribution < -0.4 is 5.32 Å². The largest absolute Gasteiger partial charge is 0.390 e. The molecule has 2 heterocycles. The second-order valence-electron chi connectivity index (χ2n) is 6.53. The number of anilines is 1. The first-order valence-electron chi connectivity index (χ1n) is 7.91. The third-order valence-corrected chi connectivity index (χ3v) is 4.76. The fourth-order valence-electron chi connectivity index (χ4n) is 3.43. The van der Waals surface area contributed by atoms with E-state index in [4.69, 9.17) is 0 Å². The zero-order valence-corrected chi connectivity index (χ0v) is 12.6. The van der Waals surface area contributed by atoms with Crippen molar-refractivity contribution in [3.05, 3.63) is 29.8 Å². The molecule has 1 amide bonds. The maximum absolute atomic E-state index is 12.9. The van der Waals surface area contributed by atoms with Crippen LogP contribution >= 0.6 is 0 Å². The Bertz CT molecular complexity index is 527. The first-order chi connectivity index (χ1) is 10.1. The predicted octanol–water partition coefficient (Wildman–Crippen LogP) is 2.35. The quantitative estimate of drug-likeness (QED) is 0.834. The Kier molecular flexibility index (Phi) is 3.89. The minimum absolute atomic E-state index is 0.0366. The molecule has 0 radical (unpaired) electrons. The third-order valence-electron chi connectivity index (χ3n) is 4.76. The van der Waals surface area contributed by atoms with E-state index in [0.29, 0.717) is 13.0 Å². The summed E-state index contributed by atoms with van der Waals surface area (Å²) in [6, 6.07) is 8.10. The van der Waals surface area contributed by atoms with E-state index in [9.17, 15) is 9.90 Å². The summed E-state index contributed by atoms with van der Waals surface area (Å²) in [5.41, 5.74) is 1.58. The van der Waals surface area contributed by atoms with E-state index in [1.165, 1.54) is 0 Å². The van der Waals surface area contributed by atoms with Crippen molar-refractivity contribution in [1.82, 2.24) is 4.90 Å². The van der Waals surface area contributed by atoms with Crippen molar-refractivity contribution in [3.63, 3.8) is 0 Å². The predicted molar refractivity (Wildman–Crippen MR) is 83.3 cm³/mol. The summed E-state index contributed by atoms with van der Waals surface area (Å²) in [7, 11) is 0. The zero-order chi connectivity index (χ0) is 14.9. The van der Waals surface area contributed by atoms with Gasteiger partial charge in [0.15, 0.2) is 0 Å². The Morgan fingerprint density at radius 2 is 2.14 bits per heavy atom. The standard InChI is InChI=1S/C17H24N2O2/c1-17(21)8-4-11-19(12-9-17)16(20)14-7-10-18-15-6-3-2-5-13(14)15/h2-3,5-6,14,18,21H,4,7-12H2,1H3. The average molecular weight is 288 g/mol. The van der Waals surface area contributed by atoms with Gasteiger partial charge in [-0.2, -0.15) is 0 Å². The lowest BCUT2D eigenvalue weighted by Gasteiger charge is -2.31. The minimum Gasteiger partial charge on any atom is -0.390 e. The normalized spacial score (nSPS) is 29.2. The van der Waals surface area contributed by atoms with E-state index in [0.717, 1.165) is 43.6 Å². The number of para-hydroxylation sites is 1. The minimum atomic E-state index is -0.624. The fourth-order valence-corrected chi connectivity index (χ4v) is 3.43. The molecule has 1 saturated heterocycles. The zero-order valence-electron chi connectivity index (χ0n) is 12.6. The van der Waals surface area contributed by atoms with Gasteiger partial charge in [0.1, 0.15) is 0 Å². The summed E-state index contributed by atoms with van der Waals surface area (Å²) in [6.07, 6.45) is 3.18. The summed E-state index contributed by atoms with van der Waals surface area (Å²) < 4.78 is 0. The van der Waals surface area contributed by atoms with Crippen LogP contribution in [-0.2, 0) is 4.79 Å². The highest BCUT2D eigenvalue weighted by molar-refractivity contribution is 5.86. The topological polar surface area (TPSA) is 52.6 Å². The highest BCUT2D eigenvalue weighted by Crippen LogP contribution is 2.33. The fraction of sp³-hybridized carbons (Fsp3) is 0.588. The second-order valence-corrected chi connectivity index (χ2v) is 6.53. The molecule has 0 aromatic heterocycles. The van der Waals surface area contributed by atoms with Crippen LogP contribution in [0.3, 0.4) is 0 Å². The Morgan fingerprint density at radius 1 is 1.33 bits per heavy atom. The molecule has 1 fully saturated rings. The lowest BCUT2D eigenvalue weighted by molar-refractivity contribution is -0.133. The van der Waals surface area contributed by atoms with Gasteiger partial charge in [-0.15, -0.1) is 0 Å². The molecular formula is C17H24N2O2. The highest BCUT2D eigenvalue weighted by Gasteiger charge is 2.32. The van der Waals surface area contributed by atoms with E-state index in [1.807, 2.05) is 30.0 Å². The van der Waals surface area contributed by atoms with Crippen LogP contribution in [0.2, 0.25) is 0 Å². The van der Waals surface area contributed by atoms with E-state index in [2.05, 4.69) is 11.4 Å². The van der Waals surface area contributed by atoms with Gasteiger partial charge in [0.05, 0.1) is 11.5 Å². The Balaban J connectivity index is 1.77. The molecule has 0 spiro atoms. The van der Waals surface area contributed by atoms with Crippen molar-refractivity contribution in [3.8, 4) is 0 Å². The second kappa shape index (κ2) is 5.68. The summed E-state index contributed by atoms with van der Waals surface area (Å²) in [6.45, 7) is 4.15. The van der Waals surface area contributed by atoms with Crippen molar-refractivity contribution >= 4 is 11.6 Å². The first kappa shape index (κ1) is 14.4. The number of carbonyl (C=O) groups is 1. The van der Waals surface area contributed by atoms with Crippen LogP contribution in [0.4, 0.5) is 5.69 Å². The molecule has 0 aliphatic carbocycles. The van der Waals surface area contributed by atoms with Crippen molar-refractivity contribution in [2.24, 2.45) is 0 Å². The summed E-state index contributed by atoms with van der Waals surface area (Å²) in [5, 5.41) is 13.5. The van der Waals surface area contributed by atoms with Crippen LogP contribution in [-0.4, -0.2) is 41.1 Å². The molecule has 4 heteroatoms. The van der Waals surface area contributed by atoms with Gasteiger partial charge >= 0.3 is 0 Å². The van der Waals surface area contributed by atoms with Crippen LogP contribution in [0.5, 0.6) is 0 Å². The van der Waals surface area contributed by atoms with E-state index < -0.39 is 5.60 Å². The van der Waals surface area contributed by atoms with E-state index in [1.54, 1.807) is 0 Å². The van der Waals surface area contributed by atoms with Crippen LogP contribution in [0.15, 0.2) is 24.3 Å². The summed E-state index contributed by atoms with van der Waals surface area (Å²) >= 11 is 0. The molecule has 2 unspecified atom stereocenters. The number of nitrogens with one attached hydrogen (secondary N) is 1. The number of hydrogen-bond acceptors (Lipinski definition) is 3. The highest BCUT2D eigenvalue weighted by atomic mass is 16.3. The van der Waals surface area contributed by atoms with Gasteiger partial charge < -0.3 is 15.3 Å². The van der Waals surface area contributed by atoms with Crippen molar-refractivity contribution in [2.45, 2.75) is 44.1 Å². The van der Waals surface area contributed by atoms with Gasteiger partial charge in [0, 0.05) is 25.3 Å². The van der Waals surface area contributed by atoms with Crippen molar-refractivity contribution in [1.29, 1.82) is 0 Å². The van der Waals surface area contributed by atoms with Crippen molar-refractivity contribution in [2.75, 3.05) is 25.0 Å². The molecule has 0 saturated carbocycles. The smallest absolute Gasteiger partial charge is 0.230 e. The van der Waals surface area contributed by atoms with Crippen molar-refractivity contribution < 1.29 is 9.90 Å². The van der Waals surface area contributed by atoms with Gasteiger partial charge in [-0.25, -0.2) is 0 Å². The number of hydrogen-bond donors (Lipinski definition) is 2. The average Bonchev–Trinajstić information content (AvgIpc) is 2.67. The van der Waals surface area contributed by atoms with Gasteiger partial charge in [-0.3, -0.25) is 4.79 Å². The molecule has 4 nitrogen and oxygen atoms in total. The molecular weight excluding hydrogens is 264 g/mol. The van der Waals surface area contributed by atoms with Gasteiger partial charge in [-0.1, -0.05) is 18.2 Å². The molecule has 114 valence electrons. The molecule has 2 aliphatic heterocycles. The number of carbonyl (C=O) groups excluding carboxylic acids is 1. The number of likely N-dealkylation sites (tertiary alicyclic amines) is 1. The Morgan fingerprint density at radius 3 is 3.00 bits per heavy atom. The molecule has 2 aliphatic rings. The lowest BCUT2D eigenvalue weighted by Crippen LogP contribution is -2.38. The number of fused-ring (bicyclic) bond motifs is 1.